The van der Waals surface area contributed by atoms with E-state index < -0.39 is 32.8 Å². The fourth-order valence-electron chi connectivity index (χ4n) is 6.39. The van der Waals surface area contributed by atoms with Gasteiger partial charge in [-0.3, -0.25) is 14.4 Å². The molecule has 2 aromatic carbocycles. The van der Waals surface area contributed by atoms with Crippen molar-refractivity contribution in [1.82, 2.24) is 4.90 Å². The smallest absolute Gasteiger partial charge is 0.339 e. The molecule has 5 rings (SSSR count). The summed E-state index contributed by atoms with van der Waals surface area (Å²) in [5, 5.41) is 9.86. The molecule has 0 spiro atoms. The highest BCUT2D eigenvalue weighted by molar-refractivity contribution is 7.87. The Kier molecular flexibility index (Phi) is 7.33. The summed E-state index contributed by atoms with van der Waals surface area (Å²) in [6.07, 6.45) is 1.44. The summed E-state index contributed by atoms with van der Waals surface area (Å²) >= 11 is 0. The first-order valence-electron chi connectivity index (χ1n) is 13.8. The number of methoxy groups -OCH3 is 1. The van der Waals surface area contributed by atoms with Gasteiger partial charge in [0.1, 0.15) is 11.4 Å². The fraction of sp³-hybridized carbons (Fsp3) is 0.406. The van der Waals surface area contributed by atoms with Crippen molar-refractivity contribution in [3.8, 4) is 11.5 Å². The number of carboxylic acid groups (broad SMARTS) is 1. The summed E-state index contributed by atoms with van der Waals surface area (Å²) < 4.78 is 36.8. The van der Waals surface area contributed by atoms with Gasteiger partial charge in [0.15, 0.2) is 23.1 Å². The van der Waals surface area contributed by atoms with E-state index in [-0.39, 0.29) is 47.3 Å². The lowest BCUT2D eigenvalue weighted by Gasteiger charge is -2.48. The van der Waals surface area contributed by atoms with Gasteiger partial charge in [-0.2, -0.15) is 8.42 Å². The van der Waals surface area contributed by atoms with Crippen LogP contribution in [0, 0.1) is 10.8 Å². The molecule has 2 aliphatic carbocycles. The molecule has 1 aliphatic heterocycles. The van der Waals surface area contributed by atoms with Crippen LogP contribution in [0.5, 0.6) is 11.5 Å². The van der Waals surface area contributed by atoms with E-state index >= 15 is 0 Å². The zero-order valence-electron chi connectivity index (χ0n) is 24.4. The molecule has 0 saturated heterocycles. The van der Waals surface area contributed by atoms with E-state index in [1.165, 1.54) is 25.3 Å². The number of rotatable bonds is 7. The second-order valence-corrected chi connectivity index (χ2v) is 14.3. The molecule has 222 valence electrons. The number of aliphatic carboxylic acids is 1. The van der Waals surface area contributed by atoms with Crippen LogP contribution in [0.25, 0.3) is 0 Å². The normalized spacial score (nSPS) is 20.3. The van der Waals surface area contributed by atoms with Gasteiger partial charge in [-0.15, -0.1) is 0 Å². The van der Waals surface area contributed by atoms with Gasteiger partial charge in [-0.05, 0) is 53.5 Å². The fourth-order valence-corrected chi connectivity index (χ4v) is 7.35. The molecule has 0 amide bonds. The van der Waals surface area contributed by atoms with Crippen molar-refractivity contribution in [3.05, 3.63) is 76.6 Å². The SMILES string of the molecule is COc1cc(C2C3=C(CC(C)(C)CC3=O)N(CC(=O)O)C3=C2C(=O)CC(C)(C)C3)ccc1OS(=O)(=O)c1ccccc1. The average molecular weight is 594 g/mol. The molecule has 42 heavy (non-hydrogen) atoms. The minimum Gasteiger partial charge on any atom is -0.493 e. The van der Waals surface area contributed by atoms with Crippen LogP contribution in [-0.2, 0) is 24.5 Å². The topological polar surface area (TPSA) is 127 Å². The lowest BCUT2D eigenvalue weighted by molar-refractivity contribution is -0.138. The predicted octanol–water partition coefficient (Wildman–Crippen LogP) is 5.23. The Morgan fingerprint density at radius 1 is 0.881 bits per heavy atom. The Morgan fingerprint density at radius 3 is 1.93 bits per heavy atom. The number of allylic oxidation sites excluding steroid dienone is 4. The van der Waals surface area contributed by atoms with Crippen molar-refractivity contribution >= 4 is 27.7 Å². The molecule has 1 heterocycles. The number of carboxylic acids is 1. The Bertz CT molecular complexity index is 1600. The van der Waals surface area contributed by atoms with Gasteiger partial charge in [0.25, 0.3) is 0 Å². The van der Waals surface area contributed by atoms with E-state index in [9.17, 15) is 27.9 Å². The van der Waals surface area contributed by atoms with Crippen LogP contribution in [0.15, 0.2) is 76.0 Å². The Labute approximate surface area is 245 Å². The number of ether oxygens (including phenoxy) is 1. The van der Waals surface area contributed by atoms with Gasteiger partial charge in [0.05, 0.1) is 7.11 Å². The van der Waals surface area contributed by atoms with Gasteiger partial charge in [-0.1, -0.05) is 52.0 Å². The molecule has 0 radical (unpaired) electrons. The minimum atomic E-state index is -4.15. The molecule has 0 unspecified atom stereocenters. The zero-order valence-corrected chi connectivity index (χ0v) is 25.2. The van der Waals surface area contributed by atoms with E-state index in [1.54, 1.807) is 35.2 Å². The van der Waals surface area contributed by atoms with Crippen LogP contribution in [0.1, 0.15) is 64.9 Å². The molecule has 0 atom stereocenters. The molecule has 0 saturated carbocycles. The molecule has 0 aromatic heterocycles. The van der Waals surface area contributed by atoms with Crippen molar-refractivity contribution in [1.29, 1.82) is 0 Å². The summed E-state index contributed by atoms with van der Waals surface area (Å²) in [6, 6.07) is 12.4. The van der Waals surface area contributed by atoms with Crippen molar-refractivity contribution in [3.63, 3.8) is 0 Å². The molecule has 0 bridgehead atoms. The molecule has 9 nitrogen and oxygen atoms in total. The second kappa shape index (κ2) is 10.4. The Hall–Kier alpha value is -3.92. The van der Waals surface area contributed by atoms with E-state index in [0.29, 0.717) is 40.9 Å². The van der Waals surface area contributed by atoms with Crippen molar-refractivity contribution in [2.45, 2.75) is 64.2 Å². The summed E-state index contributed by atoms with van der Waals surface area (Å²) in [7, 11) is -2.77. The lowest BCUT2D eigenvalue weighted by atomic mass is 9.63. The number of carbonyl (C=O) groups is 3. The van der Waals surface area contributed by atoms with Crippen LogP contribution in [-0.4, -0.2) is 49.6 Å². The Balaban J connectivity index is 1.68. The van der Waals surface area contributed by atoms with E-state index in [1.807, 2.05) is 27.7 Å². The van der Waals surface area contributed by atoms with Crippen LogP contribution < -0.4 is 8.92 Å². The van der Waals surface area contributed by atoms with Crippen LogP contribution >= 0.6 is 0 Å². The van der Waals surface area contributed by atoms with Crippen LogP contribution in [0.4, 0.5) is 0 Å². The number of benzene rings is 2. The summed E-state index contributed by atoms with van der Waals surface area (Å²) in [5.74, 6) is -2.00. The maximum atomic E-state index is 13.8. The molecular weight excluding hydrogens is 558 g/mol. The highest BCUT2D eigenvalue weighted by Crippen LogP contribution is 2.54. The van der Waals surface area contributed by atoms with Gasteiger partial charge >= 0.3 is 16.1 Å². The van der Waals surface area contributed by atoms with Gasteiger partial charge < -0.3 is 18.9 Å². The molecule has 0 fully saturated rings. The summed E-state index contributed by atoms with van der Waals surface area (Å²) in [6.45, 7) is 7.55. The lowest BCUT2D eigenvalue weighted by Crippen LogP contribution is -2.45. The number of carbonyl (C=O) groups excluding carboxylic acids is 2. The van der Waals surface area contributed by atoms with Crippen molar-refractivity contribution in [2.24, 2.45) is 10.8 Å². The molecule has 3 aliphatic rings. The van der Waals surface area contributed by atoms with Crippen molar-refractivity contribution < 1.29 is 36.8 Å². The van der Waals surface area contributed by atoms with E-state index in [4.69, 9.17) is 8.92 Å². The quantitative estimate of drug-likeness (QED) is 0.429. The average Bonchev–Trinajstić information content (AvgIpc) is 2.88. The maximum absolute atomic E-state index is 13.8. The first kappa shape index (κ1) is 29.6. The number of hydrogen-bond donors (Lipinski definition) is 1. The first-order chi connectivity index (χ1) is 19.6. The summed E-state index contributed by atoms with van der Waals surface area (Å²) in [5.41, 5.74) is 1.84. The first-order valence-corrected chi connectivity index (χ1v) is 15.2. The van der Waals surface area contributed by atoms with Crippen LogP contribution in [0.2, 0.25) is 0 Å². The third-order valence-electron chi connectivity index (χ3n) is 8.07. The largest absolute Gasteiger partial charge is 0.493 e. The highest BCUT2D eigenvalue weighted by Gasteiger charge is 2.49. The molecule has 10 heteroatoms. The standard InChI is InChI=1S/C32H35NO8S/c1-31(2)14-21-29(23(34)16-31)28(30-22(33(21)18-27(36)37)15-32(3,4)17-24(30)35)19-11-12-25(26(13-19)40-5)41-42(38,39)20-9-7-6-8-10-20/h6-13,28H,14-18H2,1-5H3,(H,36,37). The monoisotopic (exact) mass is 593 g/mol. The molecular formula is C32H35NO8S. The van der Waals surface area contributed by atoms with Crippen LogP contribution in [0.3, 0.4) is 0 Å². The maximum Gasteiger partial charge on any atom is 0.339 e. The third kappa shape index (κ3) is 5.47. The predicted molar refractivity (Wildman–Crippen MR) is 154 cm³/mol. The van der Waals surface area contributed by atoms with Crippen molar-refractivity contribution in [2.75, 3.05) is 13.7 Å². The number of nitrogens with zero attached hydrogens (tertiary/aromatic N) is 1. The number of ketones is 2. The van der Waals surface area contributed by atoms with Gasteiger partial charge in [0, 0.05) is 41.3 Å². The van der Waals surface area contributed by atoms with E-state index in [0.717, 1.165) is 0 Å². The molecule has 2 aromatic rings. The summed E-state index contributed by atoms with van der Waals surface area (Å²) in [4.78, 5) is 41.4. The Morgan fingerprint density at radius 2 is 1.43 bits per heavy atom. The molecule has 1 N–H and O–H groups in total. The highest BCUT2D eigenvalue weighted by atomic mass is 32.2. The zero-order chi connectivity index (χ0) is 30.6. The number of hydrogen-bond acceptors (Lipinski definition) is 8. The van der Waals surface area contributed by atoms with Gasteiger partial charge in [0.2, 0.25) is 0 Å². The van der Waals surface area contributed by atoms with Gasteiger partial charge in [-0.25, -0.2) is 0 Å². The second-order valence-electron chi connectivity index (χ2n) is 12.8. The van der Waals surface area contributed by atoms with E-state index in [2.05, 4.69) is 0 Å². The minimum absolute atomic E-state index is 0.0163. The third-order valence-corrected chi connectivity index (χ3v) is 9.32. The number of Topliss-reactive ketones (excluding diaryl/α,β-unsaturated/α-hetero) is 2.